The molecule has 0 unspecified atom stereocenters. The number of hydrazine groups is 1. The number of aromatic nitrogens is 1. The van der Waals surface area contributed by atoms with E-state index in [2.05, 4.69) is 33.0 Å². The summed E-state index contributed by atoms with van der Waals surface area (Å²) in [5.41, 5.74) is 2.07. The van der Waals surface area contributed by atoms with Gasteiger partial charge in [0.05, 0.1) is 14.0 Å². The molecule has 7 heteroatoms. The second kappa shape index (κ2) is 6.33. The minimum Gasteiger partial charge on any atom is -0.489 e. The summed E-state index contributed by atoms with van der Waals surface area (Å²) < 4.78 is 6.69. The van der Waals surface area contributed by atoms with E-state index in [-0.39, 0.29) is 12.5 Å². The Balaban J connectivity index is 2.37. The molecule has 0 spiro atoms. The maximum atomic E-state index is 11.7. The fraction of sp³-hybridized carbons (Fsp3) is 0.286. The van der Waals surface area contributed by atoms with E-state index in [1.165, 1.54) is 0 Å². The number of hydrogen-bond acceptors (Lipinski definition) is 4. The Kier molecular flexibility index (Phi) is 4.90. The number of nitrogens with two attached hydrogens (primary N) is 1. The van der Waals surface area contributed by atoms with Gasteiger partial charge in [-0.3, -0.25) is 15.2 Å². The van der Waals surface area contributed by atoms with Crippen LogP contribution in [0.1, 0.15) is 13.8 Å². The molecule has 2 rings (SSSR count). The number of fused-ring (bicyclic) bond motifs is 1. The highest BCUT2D eigenvalue weighted by atomic mass is 127. The molecule has 0 saturated heterocycles. The molecule has 0 bridgehead atoms. The highest BCUT2D eigenvalue weighted by molar-refractivity contribution is 14.1. The average Bonchev–Trinajstić information content (AvgIpc) is 2.46. The van der Waals surface area contributed by atoms with Gasteiger partial charge in [0, 0.05) is 11.6 Å². The van der Waals surface area contributed by atoms with E-state index in [1.54, 1.807) is 20.0 Å². The van der Waals surface area contributed by atoms with Crippen LogP contribution < -0.4 is 16.0 Å². The third-order valence-electron chi connectivity index (χ3n) is 3.07. The molecule has 0 atom stereocenters. The van der Waals surface area contributed by atoms with Gasteiger partial charge in [0.15, 0.2) is 5.75 Å². The molecule has 0 saturated carbocycles. The molecule has 112 valence electrons. The van der Waals surface area contributed by atoms with E-state index in [0.29, 0.717) is 16.3 Å². The molecular formula is C14H15ClIN3O2. The number of carbonyl (C=O) groups is 1. The summed E-state index contributed by atoms with van der Waals surface area (Å²) in [7, 11) is 0. The topological polar surface area (TPSA) is 77.2 Å². The Bertz CT molecular complexity index is 691. The minimum absolute atomic E-state index is 0.180. The van der Waals surface area contributed by atoms with Gasteiger partial charge in [-0.1, -0.05) is 11.6 Å². The number of pyridine rings is 1. The first-order valence-corrected chi connectivity index (χ1v) is 7.69. The van der Waals surface area contributed by atoms with Gasteiger partial charge in [0.2, 0.25) is 5.91 Å². The average molecular weight is 420 g/mol. The van der Waals surface area contributed by atoms with Crippen LogP contribution in [0.5, 0.6) is 5.75 Å². The lowest BCUT2D eigenvalue weighted by Gasteiger charge is -2.23. The quantitative estimate of drug-likeness (QED) is 0.346. The first-order valence-electron chi connectivity index (χ1n) is 6.23. The largest absolute Gasteiger partial charge is 0.489 e. The summed E-state index contributed by atoms with van der Waals surface area (Å²) in [5, 5.41) is 1.43. The number of nitrogens with zero attached hydrogens (tertiary/aromatic N) is 1. The second-order valence-electron chi connectivity index (χ2n) is 5.21. The SMILES string of the molecule is CC(C)(COc1c(I)cc(Cl)c2cccnc12)C(=O)NN. The third-order valence-corrected chi connectivity index (χ3v) is 4.19. The number of amides is 1. The standard InChI is InChI=1S/C14H15ClIN3O2/c1-14(2,13(20)19-17)7-21-12-10(16)6-9(15)8-4-3-5-18-11(8)12/h3-6H,7,17H2,1-2H3,(H,19,20). The summed E-state index contributed by atoms with van der Waals surface area (Å²) in [6.45, 7) is 3.69. The lowest BCUT2D eigenvalue weighted by Crippen LogP contribution is -2.44. The number of carbonyl (C=O) groups excluding carboxylic acids is 1. The van der Waals surface area contributed by atoms with Crippen molar-refractivity contribution >= 4 is 51.0 Å². The zero-order valence-electron chi connectivity index (χ0n) is 11.6. The van der Waals surface area contributed by atoms with Crippen molar-refractivity contribution in [2.45, 2.75) is 13.8 Å². The van der Waals surface area contributed by atoms with E-state index >= 15 is 0 Å². The van der Waals surface area contributed by atoms with Gasteiger partial charge >= 0.3 is 0 Å². The monoisotopic (exact) mass is 419 g/mol. The number of benzene rings is 1. The van der Waals surface area contributed by atoms with Crippen molar-refractivity contribution < 1.29 is 9.53 Å². The number of ether oxygens (including phenoxy) is 1. The summed E-state index contributed by atoms with van der Waals surface area (Å²) in [4.78, 5) is 16.0. The molecule has 0 aliphatic heterocycles. The van der Waals surface area contributed by atoms with Crippen molar-refractivity contribution in [2.24, 2.45) is 11.3 Å². The molecular weight excluding hydrogens is 405 g/mol. The van der Waals surface area contributed by atoms with Crippen molar-refractivity contribution in [3.05, 3.63) is 33.0 Å². The highest BCUT2D eigenvalue weighted by Crippen LogP contribution is 2.35. The molecule has 1 aromatic heterocycles. The summed E-state index contributed by atoms with van der Waals surface area (Å²) in [6, 6.07) is 5.51. The molecule has 0 fully saturated rings. The van der Waals surface area contributed by atoms with Gasteiger partial charge in [0.25, 0.3) is 0 Å². The van der Waals surface area contributed by atoms with Crippen molar-refractivity contribution in [3.63, 3.8) is 0 Å². The van der Waals surface area contributed by atoms with Crippen LogP contribution in [0.2, 0.25) is 5.02 Å². The number of halogens is 2. The van der Waals surface area contributed by atoms with E-state index in [4.69, 9.17) is 22.2 Å². The van der Waals surface area contributed by atoms with E-state index < -0.39 is 5.41 Å². The maximum absolute atomic E-state index is 11.7. The molecule has 0 radical (unpaired) electrons. The molecule has 5 nitrogen and oxygen atoms in total. The zero-order chi connectivity index (χ0) is 15.6. The van der Waals surface area contributed by atoms with Gasteiger partial charge in [-0.05, 0) is 54.6 Å². The Hall–Kier alpha value is -1.12. The smallest absolute Gasteiger partial charge is 0.242 e. The molecule has 1 amide bonds. The van der Waals surface area contributed by atoms with Crippen molar-refractivity contribution in [1.29, 1.82) is 0 Å². The van der Waals surface area contributed by atoms with E-state index in [9.17, 15) is 4.79 Å². The molecule has 1 heterocycles. The molecule has 2 aromatic rings. The summed E-state index contributed by atoms with van der Waals surface area (Å²) in [6.07, 6.45) is 1.68. The molecule has 1 aromatic carbocycles. The number of hydrogen-bond donors (Lipinski definition) is 2. The van der Waals surface area contributed by atoms with Crippen LogP contribution in [0.15, 0.2) is 24.4 Å². The summed E-state index contributed by atoms with van der Waals surface area (Å²) >= 11 is 8.35. The predicted octanol–water partition coefficient (Wildman–Crippen LogP) is 2.89. The van der Waals surface area contributed by atoms with Gasteiger partial charge < -0.3 is 4.74 Å². The van der Waals surface area contributed by atoms with Gasteiger partial charge in [-0.2, -0.15) is 0 Å². The van der Waals surface area contributed by atoms with Gasteiger partial charge in [-0.15, -0.1) is 0 Å². The predicted molar refractivity (Wildman–Crippen MR) is 91.1 cm³/mol. The molecule has 3 N–H and O–H groups in total. The number of nitrogens with one attached hydrogen (secondary N) is 1. The lowest BCUT2D eigenvalue weighted by atomic mass is 9.94. The zero-order valence-corrected chi connectivity index (χ0v) is 14.5. The molecule has 21 heavy (non-hydrogen) atoms. The molecule has 0 aliphatic rings. The van der Waals surface area contributed by atoms with Crippen LogP contribution in [0.3, 0.4) is 0 Å². The van der Waals surface area contributed by atoms with Crippen molar-refractivity contribution in [3.8, 4) is 5.75 Å². The van der Waals surface area contributed by atoms with Crippen LogP contribution >= 0.6 is 34.2 Å². The van der Waals surface area contributed by atoms with Crippen molar-refractivity contribution in [2.75, 3.05) is 6.61 Å². The Morgan fingerprint density at radius 3 is 2.95 bits per heavy atom. The third kappa shape index (κ3) is 3.38. The van der Waals surface area contributed by atoms with Crippen molar-refractivity contribution in [1.82, 2.24) is 10.4 Å². The van der Waals surface area contributed by atoms with Gasteiger partial charge in [-0.25, -0.2) is 5.84 Å². The maximum Gasteiger partial charge on any atom is 0.242 e. The van der Waals surface area contributed by atoms with E-state index in [0.717, 1.165) is 8.96 Å². The van der Waals surface area contributed by atoms with Crippen LogP contribution in [0.25, 0.3) is 10.9 Å². The van der Waals surface area contributed by atoms with Crippen LogP contribution in [0, 0.1) is 8.99 Å². The number of rotatable bonds is 4. The second-order valence-corrected chi connectivity index (χ2v) is 6.78. The Morgan fingerprint density at radius 1 is 1.57 bits per heavy atom. The van der Waals surface area contributed by atoms with Gasteiger partial charge in [0.1, 0.15) is 12.1 Å². The first-order chi connectivity index (χ1) is 9.86. The van der Waals surface area contributed by atoms with Crippen LogP contribution in [-0.4, -0.2) is 17.5 Å². The molecule has 0 aliphatic carbocycles. The van der Waals surface area contributed by atoms with Crippen LogP contribution in [0.4, 0.5) is 0 Å². The highest BCUT2D eigenvalue weighted by Gasteiger charge is 2.28. The lowest BCUT2D eigenvalue weighted by molar-refractivity contribution is -0.130. The summed E-state index contributed by atoms with van der Waals surface area (Å²) in [5.74, 6) is 5.51. The normalized spacial score (nSPS) is 11.5. The fourth-order valence-electron chi connectivity index (χ4n) is 1.80. The van der Waals surface area contributed by atoms with E-state index in [1.807, 2.05) is 18.2 Å². The Labute approximate surface area is 141 Å². The van der Waals surface area contributed by atoms with Crippen LogP contribution in [-0.2, 0) is 4.79 Å². The fourth-order valence-corrected chi connectivity index (χ4v) is 2.97. The minimum atomic E-state index is -0.751. The first kappa shape index (κ1) is 16.3. The Morgan fingerprint density at radius 2 is 2.29 bits per heavy atom.